The van der Waals surface area contributed by atoms with Crippen molar-refractivity contribution >= 4 is 17.7 Å². The lowest BCUT2D eigenvalue weighted by Gasteiger charge is -2.34. The molecule has 19 heavy (non-hydrogen) atoms. The third kappa shape index (κ3) is 2.86. The fraction of sp³-hybridized carbons (Fsp3) is 0.429. The van der Waals surface area contributed by atoms with E-state index in [1.165, 1.54) is 0 Å². The van der Waals surface area contributed by atoms with Gasteiger partial charge in [0.2, 0.25) is 0 Å². The van der Waals surface area contributed by atoms with Crippen LogP contribution in [0.1, 0.15) is 17.5 Å². The lowest BCUT2D eigenvalue weighted by Crippen LogP contribution is -2.52. The van der Waals surface area contributed by atoms with Crippen molar-refractivity contribution in [1.82, 2.24) is 5.32 Å². The van der Waals surface area contributed by atoms with Crippen LogP contribution in [-0.4, -0.2) is 30.2 Å². The Balaban J connectivity index is 2.26. The van der Waals surface area contributed by atoms with Crippen molar-refractivity contribution in [2.24, 2.45) is 5.92 Å². The first-order valence-electron chi connectivity index (χ1n) is 6.32. The molecule has 1 aromatic rings. The summed E-state index contributed by atoms with van der Waals surface area (Å²) in [5, 5.41) is 11.6. The first kappa shape index (κ1) is 13.4. The molecule has 1 unspecified atom stereocenters. The van der Waals surface area contributed by atoms with Crippen molar-refractivity contribution in [3.63, 3.8) is 0 Å². The quantitative estimate of drug-likeness (QED) is 0.874. The molecule has 0 spiro atoms. The van der Waals surface area contributed by atoms with Gasteiger partial charge in [0.25, 0.3) is 0 Å². The predicted molar refractivity (Wildman–Crippen MR) is 72.4 cm³/mol. The summed E-state index contributed by atoms with van der Waals surface area (Å²) in [5.41, 5.74) is 2.92. The SMILES string of the molecule is Cc1cccc(C)c1N1CC(CC(=O)O)CNC1=O. The maximum atomic E-state index is 12.0. The number of carbonyl (C=O) groups excluding carboxylic acids is 1. The molecule has 2 N–H and O–H groups in total. The number of urea groups is 1. The lowest BCUT2D eigenvalue weighted by atomic mass is 10.0. The number of nitrogens with zero attached hydrogens (tertiary/aromatic N) is 1. The van der Waals surface area contributed by atoms with E-state index in [1.807, 2.05) is 32.0 Å². The summed E-state index contributed by atoms with van der Waals surface area (Å²) in [6.07, 6.45) is 0.0711. The summed E-state index contributed by atoms with van der Waals surface area (Å²) in [6, 6.07) is 5.71. The number of carbonyl (C=O) groups is 2. The van der Waals surface area contributed by atoms with Crippen molar-refractivity contribution in [2.75, 3.05) is 18.0 Å². The summed E-state index contributed by atoms with van der Waals surface area (Å²) in [5.74, 6) is -0.892. The van der Waals surface area contributed by atoms with Crippen LogP contribution in [0.2, 0.25) is 0 Å². The summed E-state index contributed by atoms with van der Waals surface area (Å²) in [7, 11) is 0. The van der Waals surface area contributed by atoms with Crippen LogP contribution < -0.4 is 10.2 Å². The summed E-state index contributed by atoms with van der Waals surface area (Å²) >= 11 is 0. The van der Waals surface area contributed by atoms with Gasteiger partial charge in [-0.05, 0) is 25.0 Å². The van der Waals surface area contributed by atoms with Gasteiger partial charge in [0.1, 0.15) is 0 Å². The summed E-state index contributed by atoms with van der Waals surface area (Å²) < 4.78 is 0. The fourth-order valence-corrected chi connectivity index (χ4v) is 2.54. The van der Waals surface area contributed by atoms with Gasteiger partial charge in [-0.3, -0.25) is 9.69 Å². The van der Waals surface area contributed by atoms with Gasteiger partial charge >= 0.3 is 12.0 Å². The summed E-state index contributed by atoms with van der Waals surface area (Å²) in [4.78, 5) is 24.4. The van der Waals surface area contributed by atoms with Crippen molar-refractivity contribution in [3.05, 3.63) is 29.3 Å². The van der Waals surface area contributed by atoms with E-state index in [4.69, 9.17) is 5.11 Å². The van der Waals surface area contributed by atoms with Gasteiger partial charge in [0.15, 0.2) is 0 Å². The third-order valence-corrected chi connectivity index (χ3v) is 3.40. The number of rotatable bonds is 3. The smallest absolute Gasteiger partial charge is 0.321 e. The van der Waals surface area contributed by atoms with Gasteiger partial charge in [-0.25, -0.2) is 4.79 Å². The second kappa shape index (κ2) is 5.30. The Morgan fingerprint density at radius 3 is 2.63 bits per heavy atom. The molecule has 1 saturated heterocycles. The van der Waals surface area contributed by atoms with Crippen LogP contribution in [0.5, 0.6) is 0 Å². The van der Waals surface area contributed by atoms with Crippen LogP contribution in [0.15, 0.2) is 18.2 Å². The molecule has 0 radical (unpaired) electrons. The number of hydrogen-bond donors (Lipinski definition) is 2. The Kier molecular flexibility index (Phi) is 3.74. The number of aryl methyl sites for hydroxylation is 2. The van der Waals surface area contributed by atoms with E-state index in [2.05, 4.69) is 5.32 Å². The van der Waals surface area contributed by atoms with E-state index in [0.29, 0.717) is 13.1 Å². The number of carboxylic acids is 1. The van der Waals surface area contributed by atoms with Crippen LogP contribution in [0.4, 0.5) is 10.5 Å². The molecule has 2 amide bonds. The number of hydrogen-bond acceptors (Lipinski definition) is 2. The van der Waals surface area contributed by atoms with E-state index < -0.39 is 5.97 Å². The molecular weight excluding hydrogens is 244 g/mol. The number of nitrogens with one attached hydrogen (secondary N) is 1. The van der Waals surface area contributed by atoms with Gasteiger partial charge in [0, 0.05) is 19.0 Å². The molecule has 5 nitrogen and oxygen atoms in total. The highest BCUT2D eigenvalue weighted by Crippen LogP contribution is 2.27. The molecule has 0 bridgehead atoms. The highest BCUT2D eigenvalue weighted by molar-refractivity contribution is 5.94. The molecule has 1 aromatic carbocycles. The Morgan fingerprint density at radius 1 is 1.42 bits per heavy atom. The Morgan fingerprint density at radius 2 is 2.05 bits per heavy atom. The van der Waals surface area contributed by atoms with Crippen LogP contribution in [0, 0.1) is 19.8 Å². The molecule has 1 heterocycles. The number of anilines is 1. The zero-order valence-corrected chi connectivity index (χ0v) is 11.1. The maximum absolute atomic E-state index is 12.0. The molecule has 1 fully saturated rings. The molecule has 0 aliphatic carbocycles. The number of amides is 2. The van der Waals surface area contributed by atoms with Gasteiger partial charge in [0.05, 0.1) is 12.1 Å². The zero-order chi connectivity index (χ0) is 14.0. The normalized spacial score (nSPS) is 19.2. The minimum Gasteiger partial charge on any atom is -0.481 e. The van der Waals surface area contributed by atoms with Gasteiger partial charge in [-0.2, -0.15) is 0 Å². The van der Waals surface area contributed by atoms with Crippen molar-refractivity contribution in [2.45, 2.75) is 20.3 Å². The van der Waals surface area contributed by atoms with Gasteiger partial charge < -0.3 is 10.4 Å². The molecule has 0 aromatic heterocycles. The average molecular weight is 262 g/mol. The van der Waals surface area contributed by atoms with Crippen LogP contribution in [0.3, 0.4) is 0 Å². The molecule has 2 rings (SSSR count). The minimum atomic E-state index is -0.831. The van der Waals surface area contributed by atoms with Gasteiger partial charge in [-0.15, -0.1) is 0 Å². The molecule has 0 saturated carbocycles. The molecule has 5 heteroatoms. The second-order valence-corrected chi connectivity index (χ2v) is 5.00. The average Bonchev–Trinajstić information content (AvgIpc) is 2.32. The van der Waals surface area contributed by atoms with Gasteiger partial charge in [-0.1, -0.05) is 18.2 Å². The standard InChI is InChI=1S/C14H18N2O3/c1-9-4-3-5-10(2)13(9)16-8-11(6-12(17)18)7-15-14(16)19/h3-5,11H,6-8H2,1-2H3,(H,15,19)(H,17,18). The molecule has 1 aliphatic rings. The molecule has 1 atom stereocenters. The molecule has 1 aliphatic heterocycles. The second-order valence-electron chi connectivity index (χ2n) is 5.00. The zero-order valence-electron chi connectivity index (χ0n) is 11.1. The first-order chi connectivity index (χ1) is 8.99. The number of aliphatic carboxylic acids is 1. The summed E-state index contributed by atoms with van der Waals surface area (Å²) in [6.45, 7) is 4.78. The first-order valence-corrected chi connectivity index (χ1v) is 6.32. The van der Waals surface area contributed by atoms with Crippen LogP contribution in [0.25, 0.3) is 0 Å². The monoisotopic (exact) mass is 262 g/mol. The predicted octanol–water partition coefficient (Wildman–Crippen LogP) is 1.92. The molecule has 102 valence electrons. The Hall–Kier alpha value is -2.04. The fourth-order valence-electron chi connectivity index (χ4n) is 2.54. The Bertz CT molecular complexity index is 493. The van der Waals surface area contributed by atoms with E-state index in [9.17, 15) is 9.59 Å². The highest BCUT2D eigenvalue weighted by atomic mass is 16.4. The molecular formula is C14H18N2O3. The number of carboxylic acid groups (broad SMARTS) is 1. The van der Waals surface area contributed by atoms with Crippen LogP contribution in [-0.2, 0) is 4.79 Å². The topological polar surface area (TPSA) is 69.6 Å². The number of para-hydroxylation sites is 1. The van der Waals surface area contributed by atoms with E-state index in [1.54, 1.807) is 4.90 Å². The van der Waals surface area contributed by atoms with Crippen LogP contribution >= 0.6 is 0 Å². The minimum absolute atomic E-state index is 0.0609. The largest absolute Gasteiger partial charge is 0.481 e. The number of benzene rings is 1. The van der Waals surface area contributed by atoms with Crippen molar-refractivity contribution in [3.8, 4) is 0 Å². The van der Waals surface area contributed by atoms with E-state index in [-0.39, 0.29) is 18.4 Å². The maximum Gasteiger partial charge on any atom is 0.321 e. The van der Waals surface area contributed by atoms with Crippen molar-refractivity contribution < 1.29 is 14.7 Å². The van der Waals surface area contributed by atoms with E-state index in [0.717, 1.165) is 16.8 Å². The van der Waals surface area contributed by atoms with E-state index >= 15 is 0 Å². The third-order valence-electron chi connectivity index (χ3n) is 3.40. The lowest BCUT2D eigenvalue weighted by molar-refractivity contribution is -0.138. The highest BCUT2D eigenvalue weighted by Gasteiger charge is 2.29. The Labute approximate surface area is 112 Å². The van der Waals surface area contributed by atoms with Crippen molar-refractivity contribution in [1.29, 1.82) is 0 Å².